The van der Waals surface area contributed by atoms with E-state index in [1.165, 1.54) is 25.3 Å². The van der Waals surface area contributed by atoms with Crippen molar-refractivity contribution in [3.8, 4) is 6.07 Å². The van der Waals surface area contributed by atoms with Gasteiger partial charge < -0.3 is 10.6 Å². The molecule has 0 unspecified atom stereocenters. The lowest BCUT2D eigenvalue weighted by molar-refractivity contribution is -0.174. The van der Waals surface area contributed by atoms with Crippen LogP contribution in [0.2, 0.25) is 0 Å². The molecule has 0 aromatic carbocycles. The fraction of sp³-hybridized carbons (Fsp3) is 0.308. The number of carbonyl (C=O) groups is 1. The molecule has 1 aromatic rings. The number of allylic oxidation sites excluding steroid dienone is 1. The predicted molar refractivity (Wildman–Crippen MR) is 67.8 cm³/mol. The number of alkyl halides is 3. The highest BCUT2D eigenvalue weighted by molar-refractivity contribution is 6.00. The monoisotopic (exact) mass is 296 g/mol. The van der Waals surface area contributed by atoms with Crippen molar-refractivity contribution >= 4 is 11.7 Å². The van der Waals surface area contributed by atoms with Gasteiger partial charge in [0.2, 0.25) is 0 Å². The van der Waals surface area contributed by atoms with Crippen LogP contribution in [0, 0.1) is 18.3 Å². The molecule has 0 radical (unpaired) electrons. The maximum Gasteiger partial charge on any atom is 0.425 e. The molecule has 0 saturated heterocycles. The molecule has 0 spiro atoms. The standard InChI is InChI=1S/C13H11F3N4O/c1-7-3-4-10(18-6-7)20-12(13(14,15)16)9(5-17)8(2)19-11(12)21/h3-4,6H,1-2H3,(H,18,20)(H,19,21)/t12-/m1/s1. The van der Waals surface area contributed by atoms with Crippen LogP contribution in [-0.4, -0.2) is 22.6 Å². The fourth-order valence-electron chi connectivity index (χ4n) is 2.08. The number of aryl methyl sites for hydroxylation is 1. The summed E-state index contributed by atoms with van der Waals surface area (Å²) >= 11 is 0. The summed E-state index contributed by atoms with van der Waals surface area (Å²) < 4.78 is 40.5. The normalized spacial score (nSPS) is 22.0. The third kappa shape index (κ3) is 2.20. The second-order valence-corrected chi connectivity index (χ2v) is 4.66. The molecule has 2 heterocycles. The van der Waals surface area contributed by atoms with E-state index in [9.17, 15) is 18.0 Å². The third-order valence-electron chi connectivity index (χ3n) is 3.16. The van der Waals surface area contributed by atoms with Gasteiger partial charge in [-0.1, -0.05) is 6.07 Å². The number of anilines is 1. The zero-order chi connectivity index (χ0) is 15.8. The van der Waals surface area contributed by atoms with E-state index in [0.29, 0.717) is 0 Å². The molecule has 2 rings (SSSR count). The van der Waals surface area contributed by atoms with Crippen molar-refractivity contribution in [2.75, 3.05) is 5.32 Å². The van der Waals surface area contributed by atoms with Gasteiger partial charge in [0.05, 0.1) is 11.6 Å². The molecule has 0 aliphatic carbocycles. The van der Waals surface area contributed by atoms with E-state index in [4.69, 9.17) is 5.26 Å². The SMILES string of the molecule is CC1=C(C#N)[C@](Nc2ccc(C)cn2)(C(F)(F)F)C(=O)N1. The van der Waals surface area contributed by atoms with Gasteiger partial charge in [-0.25, -0.2) is 4.98 Å². The molecule has 2 N–H and O–H groups in total. The molecule has 110 valence electrons. The van der Waals surface area contributed by atoms with Gasteiger partial charge in [-0.05, 0) is 25.5 Å². The van der Waals surface area contributed by atoms with Crippen molar-refractivity contribution < 1.29 is 18.0 Å². The minimum absolute atomic E-state index is 0.126. The Balaban J connectivity index is 2.57. The van der Waals surface area contributed by atoms with Crippen LogP contribution in [0.1, 0.15) is 12.5 Å². The number of carbonyl (C=O) groups excluding carboxylic acids is 1. The molecular formula is C13H11F3N4O. The Morgan fingerprint density at radius 1 is 1.38 bits per heavy atom. The van der Waals surface area contributed by atoms with Gasteiger partial charge in [-0.3, -0.25) is 4.79 Å². The minimum atomic E-state index is -4.99. The van der Waals surface area contributed by atoms with Crippen molar-refractivity contribution in [1.82, 2.24) is 10.3 Å². The van der Waals surface area contributed by atoms with Crippen LogP contribution in [0.5, 0.6) is 0 Å². The summed E-state index contributed by atoms with van der Waals surface area (Å²) in [4.78, 5) is 15.7. The van der Waals surface area contributed by atoms with Crippen LogP contribution in [0.3, 0.4) is 0 Å². The van der Waals surface area contributed by atoms with Crippen molar-refractivity contribution in [3.63, 3.8) is 0 Å². The molecule has 8 heteroatoms. The van der Waals surface area contributed by atoms with E-state index in [-0.39, 0.29) is 11.5 Å². The van der Waals surface area contributed by atoms with E-state index in [1.54, 1.807) is 13.0 Å². The molecule has 1 aromatic heterocycles. The lowest BCUT2D eigenvalue weighted by Crippen LogP contribution is -2.59. The highest BCUT2D eigenvalue weighted by Gasteiger charge is 2.66. The quantitative estimate of drug-likeness (QED) is 0.875. The number of aromatic nitrogens is 1. The summed E-state index contributed by atoms with van der Waals surface area (Å²) in [6.45, 7) is 2.97. The lowest BCUT2D eigenvalue weighted by atomic mass is 9.90. The Kier molecular flexibility index (Phi) is 3.37. The first-order chi connectivity index (χ1) is 9.72. The van der Waals surface area contributed by atoms with E-state index in [1.807, 2.05) is 0 Å². The third-order valence-corrected chi connectivity index (χ3v) is 3.16. The summed E-state index contributed by atoms with van der Waals surface area (Å²) in [5.74, 6) is -1.48. The number of pyridine rings is 1. The summed E-state index contributed by atoms with van der Waals surface area (Å²) in [6, 6.07) is 4.33. The smallest absolute Gasteiger partial charge is 0.344 e. The van der Waals surface area contributed by atoms with E-state index in [2.05, 4.69) is 15.6 Å². The highest BCUT2D eigenvalue weighted by Crippen LogP contribution is 2.42. The summed E-state index contributed by atoms with van der Waals surface area (Å²) in [5.41, 5.74) is -3.19. The number of nitriles is 1. The van der Waals surface area contributed by atoms with Crippen molar-refractivity contribution in [2.45, 2.75) is 25.6 Å². The van der Waals surface area contributed by atoms with Gasteiger partial charge in [0, 0.05) is 11.9 Å². The zero-order valence-electron chi connectivity index (χ0n) is 11.2. The molecule has 1 amide bonds. The second-order valence-electron chi connectivity index (χ2n) is 4.66. The van der Waals surface area contributed by atoms with Gasteiger partial charge in [-0.2, -0.15) is 18.4 Å². The average Bonchev–Trinajstić information content (AvgIpc) is 2.63. The molecule has 0 saturated carbocycles. The van der Waals surface area contributed by atoms with Crippen LogP contribution < -0.4 is 10.6 Å². The number of halogens is 3. The Bertz CT molecular complexity index is 657. The van der Waals surface area contributed by atoms with Gasteiger partial charge in [0.1, 0.15) is 5.82 Å². The van der Waals surface area contributed by atoms with Crippen LogP contribution in [0.4, 0.5) is 19.0 Å². The van der Waals surface area contributed by atoms with Crippen molar-refractivity contribution in [3.05, 3.63) is 35.2 Å². The first-order valence-corrected chi connectivity index (χ1v) is 5.93. The lowest BCUT2D eigenvalue weighted by Gasteiger charge is -2.30. The Hall–Kier alpha value is -2.56. The maximum absolute atomic E-state index is 13.5. The van der Waals surface area contributed by atoms with Gasteiger partial charge in [-0.15, -0.1) is 0 Å². The highest BCUT2D eigenvalue weighted by atomic mass is 19.4. The first-order valence-electron chi connectivity index (χ1n) is 5.93. The predicted octanol–water partition coefficient (Wildman–Crippen LogP) is 2.03. The van der Waals surface area contributed by atoms with E-state index in [0.717, 1.165) is 5.56 Å². The molecule has 1 aliphatic rings. The molecule has 5 nitrogen and oxygen atoms in total. The summed E-state index contributed by atoms with van der Waals surface area (Å²) in [7, 11) is 0. The molecular weight excluding hydrogens is 285 g/mol. The number of nitrogens with one attached hydrogen (secondary N) is 2. The number of rotatable bonds is 2. The second kappa shape index (κ2) is 4.77. The number of hydrogen-bond acceptors (Lipinski definition) is 4. The van der Waals surface area contributed by atoms with Crippen LogP contribution in [0.25, 0.3) is 0 Å². The van der Waals surface area contributed by atoms with Gasteiger partial charge in [0.15, 0.2) is 0 Å². The largest absolute Gasteiger partial charge is 0.425 e. The number of nitrogens with zero attached hydrogens (tertiary/aromatic N) is 2. The van der Waals surface area contributed by atoms with E-state index < -0.39 is 23.2 Å². The van der Waals surface area contributed by atoms with Gasteiger partial charge >= 0.3 is 6.18 Å². The maximum atomic E-state index is 13.5. The van der Waals surface area contributed by atoms with Crippen LogP contribution in [0.15, 0.2) is 29.6 Å². The first kappa shape index (κ1) is 14.8. The Labute approximate surface area is 118 Å². The number of amides is 1. The van der Waals surface area contributed by atoms with Crippen LogP contribution in [-0.2, 0) is 4.79 Å². The van der Waals surface area contributed by atoms with Gasteiger partial charge in [0.25, 0.3) is 11.4 Å². The molecule has 1 atom stereocenters. The van der Waals surface area contributed by atoms with E-state index >= 15 is 0 Å². The molecule has 0 bridgehead atoms. The van der Waals surface area contributed by atoms with Crippen molar-refractivity contribution in [1.29, 1.82) is 5.26 Å². The minimum Gasteiger partial charge on any atom is -0.344 e. The van der Waals surface area contributed by atoms with Crippen molar-refractivity contribution in [2.24, 2.45) is 0 Å². The zero-order valence-corrected chi connectivity index (χ0v) is 11.2. The fourth-order valence-corrected chi connectivity index (χ4v) is 2.08. The Morgan fingerprint density at radius 2 is 2.05 bits per heavy atom. The Morgan fingerprint density at radius 3 is 2.52 bits per heavy atom. The summed E-state index contributed by atoms with van der Waals surface area (Å²) in [6.07, 6.45) is -3.63. The van der Waals surface area contributed by atoms with Crippen LogP contribution >= 0.6 is 0 Å². The summed E-state index contributed by atoms with van der Waals surface area (Å²) in [5, 5.41) is 13.1. The molecule has 21 heavy (non-hydrogen) atoms. The average molecular weight is 296 g/mol. The number of hydrogen-bond donors (Lipinski definition) is 2. The topological polar surface area (TPSA) is 77.8 Å². The molecule has 1 aliphatic heterocycles. The molecule has 0 fully saturated rings.